The minimum absolute atomic E-state index is 0.372. The Morgan fingerprint density at radius 2 is 2.05 bits per heavy atom. The van der Waals surface area contributed by atoms with Gasteiger partial charge in [0.15, 0.2) is 0 Å². The molecular formula is C11H12BrN5O2. The molecule has 0 saturated carbocycles. The van der Waals surface area contributed by atoms with E-state index >= 15 is 0 Å². The lowest BCUT2D eigenvalue weighted by Gasteiger charge is -2.01. The summed E-state index contributed by atoms with van der Waals surface area (Å²) in [5.41, 5.74) is 7.51. The van der Waals surface area contributed by atoms with Crippen molar-refractivity contribution in [3.63, 3.8) is 0 Å². The maximum Gasteiger partial charge on any atom is 0.492 e. The zero-order valence-corrected chi connectivity index (χ0v) is 11.6. The first kappa shape index (κ1) is 13.5. The van der Waals surface area contributed by atoms with Crippen LogP contribution in [0.1, 0.15) is 12.0 Å². The maximum absolute atomic E-state index is 10.5. The molecule has 2 N–H and O–H groups in total. The van der Waals surface area contributed by atoms with Gasteiger partial charge >= 0.3 is 5.95 Å². The van der Waals surface area contributed by atoms with E-state index < -0.39 is 4.92 Å². The SMILES string of the molecule is Nc1ccc(CCCn2nc([N+](=O)[O-])nc2Br)cc1. The van der Waals surface area contributed by atoms with Crippen molar-refractivity contribution in [3.05, 3.63) is 44.7 Å². The standard InChI is InChI=1S/C11H12BrN5O2/c12-10-14-11(17(18)19)15-16(10)7-1-2-8-3-5-9(13)6-4-8/h3-6H,1-2,7,13H2. The van der Waals surface area contributed by atoms with Crippen LogP contribution in [0.25, 0.3) is 0 Å². The summed E-state index contributed by atoms with van der Waals surface area (Å²) in [4.78, 5) is 13.6. The third-order valence-electron chi connectivity index (χ3n) is 2.59. The fourth-order valence-corrected chi connectivity index (χ4v) is 2.06. The largest absolute Gasteiger partial charge is 0.492 e. The Balaban J connectivity index is 1.92. The number of aryl methyl sites for hydroxylation is 2. The first-order chi connectivity index (χ1) is 9.06. The van der Waals surface area contributed by atoms with Crippen molar-refractivity contribution in [1.82, 2.24) is 14.8 Å². The Morgan fingerprint density at radius 3 is 2.63 bits per heavy atom. The summed E-state index contributed by atoms with van der Waals surface area (Å²) in [6, 6.07) is 7.64. The summed E-state index contributed by atoms with van der Waals surface area (Å²) < 4.78 is 1.85. The molecule has 1 heterocycles. The average molecular weight is 326 g/mol. The molecule has 0 atom stereocenters. The van der Waals surface area contributed by atoms with Crippen molar-refractivity contribution in [2.45, 2.75) is 19.4 Å². The molecule has 0 radical (unpaired) electrons. The van der Waals surface area contributed by atoms with E-state index in [-0.39, 0.29) is 5.95 Å². The first-order valence-electron chi connectivity index (χ1n) is 5.65. The summed E-state index contributed by atoms with van der Waals surface area (Å²) in [5.74, 6) is -0.389. The summed E-state index contributed by atoms with van der Waals surface area (Å²) in [6.07, 6.45) is 1.66. The minimum Gasteiger partial charge on any atom is -0.399 e. The molecule has 0 amide bonds. The fourth-order valence-electron chi connectivity index (χ4n) is 1.65. The summed E-state index contributed by atoms with van der Waals surface area (Å²) in [7, 11) is 0. The average Bonchev–Trinajstić information content (AvgIpc) is 2.74. The van der Waals surface area contributed by atoms with E-state index in [9.17, 15) is 10.1 Å². The second kappa shape index (κ2) is 5.79. The zero-order chi connectivity index (χ0) is 13.8. The van der Waals surface area contributed by atoms with Crippen LogP contribution >= 0.6 is 15.9 Å². The Hall–Kier alpha value is -1.96. The van der Waals surface area contributed by atoms with Gasteiger partial charge in [0, 0.05) is 26.7 Å². The lowest BCUT2D eigenvalue weighted by molar-refractivity contribution is -0.394. The molecule has 7 nitrogen and oxygen atoms in total. The quantitative estimate of drug-likeness (QED) is 0.515. The van der Waals surface area contributed by atoms with Gasteiger partial charge in [0.1, 0.15) is 0 Å². The van der Waals surface area contributed by atoms with E-state index in [0.29, 0.717) is 11.3 Å². The minimum atomic E-state index is -0.610. The molecule has 2 rings (SSSR count). The molecule has 0 aliphatic heterocycles. The number of hydrogen-bond donors (Lipinski definition) is 1. The van der Waals surface area contributed by atoms with Crippen molar-refractivity contribution >= 4 is 27.6 Å². The smallest absolute Gasteiger partial charge is 0.399 e. The number of nitrogens with two attached hydrogens (primary N) is 1. The van der Waals surface area contributed by atoms with Crippen LogP contribution in [0.5, 0.6) is 0 Å². The summed E-state index contributed by atoms with van der Waals surface area (Å²) in [6.45, 7) is 0.561. The van der Waals surface area contributed by atoms with Crippen molar-refractivity contribution in [2.75, 3.05) is 5.73 Å². The normalized spacial score (nSPS) is 10.6. The number of halogens is 1. The summed E-state index contributed by atoms with van der Waals surface area (Å²) in [5, 5.41) is 14.3. The van der Waals surface area contributed by atoms with Gasteiger partial charge in [0.25, 0.3) is 4.73 Å². The number of anilines is 1. The van der Waals surface area contributed by atoms with Gasteiger partial charge in [-0.25, -0.2) is 0 Å². The van der Waals surface area contributed by atoms with Gasteiger partial charge in [0.2, 0.25) is 0 Å². The monoisotopic (exact) mass is 325 g/mol. The predicted octanol–water partition coefficient (Wildman–Crippen LogP) is 2.16. The van der Waals surface area contributed by atoms with Crippen molar-refractivity contribution in [2.24, 2.45) is 0 Å². The topological polar surface area (TPSA) is 99.9 Å². The van der Waals surface area contributed by atoms with Gasteiger partial charge in [0.05, 0.1) is 6.54 Å². The number of aromatic nitrogens is 3. The van der Waals surface area contributed by atoms with Crippen LogP contribution in [0, 0.1) is 10.1 Å². The molecule has 19 heavy (non-hydrogen) atoms. The molecule has 8 heteroatoms. The Morgan fingerprint density at radius 1 is 1.37 bits per heavy atom. The van der Waals surface area contributed by atoms with Gasteiger partial charge in [-0.3, -0.25) is 0 Å². The number of hydrogen-bond acceptors (Lipinski definition) is 5. The van der Waals surface area contributed by atoms with Gasteiger partial charge in [-0.2, -0.15) is 4.68 Å². The Kier molecular flexibility index (Phi) is 4.10. The van der Waals surface area contributed by atoms with E-state index in [1.807, 2.05) is 24.3 Å². The van der Waals surface area contributed by atoms with Crippen molar-refractivity contribution < 1.29 is 4.92 Å². The van der Waals surface area contributed by atoms with E-state index in [1.165, 1.54) is 10.2 Å². The van der Waals surface area contributed by atoms with Crippen molar-refractivity contribution in [1.29, 1.82) is 0 Å². The van der Waals surface area contributed by atoms with Crippen LogP contribution < -0.4 is 5.73 Å². The highest BCUT2D eigenvalue weighted by molar-refractivity contribution is 9.10. The lowest BCUT2D eigenvalue weighted by atomic mass is 10.1. The lowest BCUT2D eigenvalue weighted by Crippen LogP contribution is -2.02. The summed E-state index contributed by atoms with van der Waals surface area (Å²) >= 11 is 3.15. The van der Waals surface area contributed by atoms with Crippen LogP contribution in [0.3, 0.4) is 0 Å². The van der Waals surface area contributed by atoms with Crippen LogP contribution in [-0.4, -0.2) is 19.7 Å². The van der Waals surface area contributed by atoms with E-state index in [0.717, 1.165) is 18.5 Å². The molecule has 0 bridgehead atoms. The molecular weight excluding hydrogens is 314 g/mol. The third-order valence-corrected chi connectivity index (χ3v) is 3.18. The molecule has 100 valence electrons. The number of benzene rings is 1. The number of nitro groups is 1. The maximum atomic E-state index is 10.5. The molecule has 0 unspecified atom stereocenters. The molecule has 1 aromatic carbocycles. The highest BCUT2D eigenvalue weighted by atomic mass is 79.9. The molecule has 0 aliphatic carbocycles. The molecule has 0 fully saturated rings. The van der Waals surface area contributed by atoms with Gasteiger partial charge < -0.3 is 15.8 Å². The van der Waals surface area contributed by atoms with Gasteiger partial charge in [-0.15, -0.1) is 0 Å². The second-order valence-electron chi connectivity index (χ2n) is 4.01. The number of nitrogen functional groups attached to an aromatic ring is 1. The molecule has 2 aromatic rings. The molecule has 1 aromatic heterocycles. The predicted molar refractivity (Wildman–Crippen MR) is 73.6 cm³/mol. The fraction of sp³-hybridized carbons (Fsp3) is 0.273. The van der Waals surface area contributed by atoms with E-state index in [4.69, 9.17) is 5.73 Å². The van der Waals surface area contributed by atoms with Gasteiger partial charge in [-0.1, -0.05) is 12.1 Å². The number of nitrogens with zero attached hydrogens (tertiary/aromatic N) is 4. The first-order valence-corrected chi connectivity index (χ1v) is 6.44. The number of rotatable bonds is 5. The van der Waals surface area contributed by atoms with Crippen LogP contribution in [-0.2, 0) is 13.0 Å². The Labute approximate surface area is 117 Å². The van der Waals surface area contributed by atoms with Crippen LogP contribution in [0.15, 0.2) is 29.0 Å². The highest BCUT2D eigenvalue weighted by Gasteiger charge is 2.18. The van der Waals surface area contributed by atoms with Crippen LogP contribution in [0.4, 0.5) is 11.6 Å². The molecule has 0 spiro atoms. The second-order valence-corrected chi connectivity index (χ2v) is 4.72. The highest BCUT2D eigenvalue weighted by Crippen LogP contribution is 2.14. The van der Waals surface area contributed by atoms with Crippen LogP contribution in [0.2, 0.25) is 0 Å². The van der Waals surface area contributed by atoms with E-state index in [1.54, 1.807) is 0 Å². The Bertz CT molecular complexity index is 581. The molecule has 0 saturated heterocycles. The van der Waals surface area contributed by atoms with Gasteiger partial charge in [-0.05, 0) is 40.4 Å². The third kappa shape index (κ3) is 3.50. The van der Waals surface area contributed by atoms with Crippen molar-refractivity contribution in [3.8, 4) is 0 Å². The molecule has 0 aliphatic rings. The zero-order valence-electron chi connectivity index (χ0n) is 9.99. The van der Waals surface area contributed by atoms with E-state index in [2.05, 4.69) is 26.0 Å².